The van der Waals surface area contributed by atoms with Crippen molar-refractivity contribution in [3.05, 3.63) is 18.3 Å². The van der Waals surface area contributed by atoms with Crippen molar-refractivity contribution in [2.75, 3.05) is 23.1 Å². The van der Waals surface area contributed by atoms with Crippen LogP contribution in [-0.4, -0.2) is 31.5 Å². The van der Waals surface area contributed by atoms with Crippen LogP contribution in [0, 0.1) is 0 Å². The molecule has 0 saturated heterocycles. The summed E-state index contributed by atoms with van der Waals surface area (Å²) in [6, 6.07) is 3.22. The molecule has 15 heavy (non-hydrogen) atoms. The Morgan fingerprint density at radius 2 is 2.27 bits per heavy atom. The van der Waals surface area contributed by atoms with E-state index in [4.69, 9.17) is 5.73 Å². The number of hydrogen-bond acceptors (Lipinski definition) is 5. The lowest BCUT2D eigenvalue weighted by Crippen LogP contribution is -2.25. The van der Waals surface area contributed by atoms with Gasteiger partial charge in [-0.25, -0.2) is 13.4 Å². The van der Waals surface area contributed by atoms with Crippen molar-refractivity contribution in [3.63, 3.8) is 0 Å². The molecule has 3 N–H and O–H groups in total. The Balaban J connectivity index is 2.67. The molecule has 1 rings (SSSR count). The molecule has 0 bridgehead atoms. The van der Waals surface area contributed by atoms with E-state index in [-0.39, 0.29) is 11.8 Å². The normalized spacial score (nSPS) is 13.5. The Hall–Kier alpha value is -1.30. The molecular formula is C9H15N3O2S. The highest BCUT2D eigenvalue weighted by Gasteiger charge is 2.11. The summed E-state index contributed by atoms with van der Waals surface area (Å²) < 4.78 is 22.1. The van der Waals surface area contributed by atoms with Crippen molar-refractivity contribution in [1.29, 1.82) is 0 Å². The highest BCUT2D eigenvalue weighted by molar-refractivity contribution is 7.90. The van der Waals surface area contributed by atoms with E-state index in [1.54, 1.807) is 25.3 Å². The van der Waals surface area contributed by atoms with Crippen LogP contribution in [0.2, 0.25) is 0 Å². The molecule has 1 unspecified atom stereocenters. The lowest BCUT2D eigenvalue weighted by Gasteiger charge is -2.14. The standard InChI is InChI=1S/C9H15N3O2S/c1-7(6-15(2,13)14)12-9-8(10)4-3-5-11-9/h3-5,7H,6,10H2,1-2H3,(H,11,12). The van der Waals surface area contributed by atoms with Crippen LogP contribution < -0.4 is 11.1 Å². The van der Waals surface area contributed by atoms with Gasteiger partial charge in [0.25, 0.3) is 0 Å². The van der Waals surface area contributed by atoms with E-state index < -0.39 is 9.84 Å². The van der Waals surface area contributed by atoms with Crippen LogP contribution in [0.1, 0.15) is 6.92 Å². The molecule has 1 heterocycles. The number of hydrogen-bond donors (Lipinski definition) is 2. The summed E-state index contributed by atoms with van der Waals surface area (Å²) in [6.45, 7) is 1.77. The first kappa shape index (κ1) is 11.8. The SMILES string of the molecule is CC(CS(C)(=O)=O)Nc1ncccc1N. The molecule has 0 aliphatic carbocycles. The zero-order valence-corrected chi connectivity index (χ0v) is 9.58. The summed E-state index contributed by atoms with van der Waals surface area (Å²) in [4.78, 5) is 4.02. The van der Waals surface area contributed by atoms with Crippen LogP contribution in [0.3, 0.4) is 0 Å². The lowest BCUT2D eigenvalue weighted by molar-refractivity contribution is 0.598. The van der Waals surface area contributed by atoms with Gasteiger partial charge in [-0.15, -0.1) is 0 Å². The Labute approximate surface area is 89.6 Å². The van der Waals surface area contributed by atoms with Gasteiger partial charge in [0.15, 0.2) is 0 Å². The minimum Gasteiger partial charge on any atom is -0.396 e. The number of nitrogens with one attached hydrogen (secondary N) is 1. The van der Waals surface area contributed by atoms with Gasteiger partial charge in [0.05, 0.1) is 11.4 Å². The van der Waals surface area contributed by atoms with Crippen molar-refractivity contribution in [3.8, 4) is 0 Å². The number of pyridine rings is 1. The lowest BCUT2D eigenvalue weighted by atomic mass is 10.3. The van der Waals surface area contributed by atoms with Gasteiger partial charge in [0, 0.05) is 18.5 Å². The highest BCUT2D eigenvalue weighted by Crippen LogP contribution is 2.14. The monoisotopic (exact) mass is 229 g/mol. The molecule has 0 aromatic carbocycles. The number of nitrogen functional groups attached to an aromatic ring is 1. The molecule has 0 aliphatic heterocycles. The maximum atomic E-state index is 11.0. The zero-order chi connectivity index (χ0) is 11.5. The minimum atomic E-state index is -2.99. The molecule has 0 saturated carbocycles. The average molecular weight is 229 g/mol. The first-order chi connectivity index (χ1) is 6.88. The van der Waals surface area contributed by atoms with E-state index in [0.29, 0.717) is 11.5 Å². The second kappa shape index (κ2) is 4.48. The van der Waals surface area contributed by atoms with Crippen molar-refractivity contribution in [1.82, 2.24) is 4.98 Å². The van der Waals surface area contributed by atoms with Crippen molar-refractivity contribution in [2.24, 2.45) is 0 Å². The molecule has 84 valence electrons. The third-order valence-corrected chi connectivity index (χ3v) is 2.88. The summed E-state index contributed by atoms with van der Waals surface area (Å²) in [5.74, 6) is 0.580. The topological polar surface area (TPSA) is 85.1 Å². The summed E-state index contributed by atoms with van der Waals surface area (Å²) in [7, 11) is -2.99. The van der Waals surface area contributed by atoms with Gasteiger partial charge in [-0.3, -0.25) is 0 Å². The van der Waals surface area contributed by atoms with Crippen LogP contribution in [0.25, 0.3) is 0 Å². The number of aromatic nitrogens is 1. The van der Waals surface area contributed by atoms with Crippen LogP contribution in [0.15, 0.2) is 18.3 Å². The van der Waals surface area contributed by atoms with Crippen LogP contribution >= 0.6 is 0 Å². The van der Waals surface area contributed by atoms with Crippen LogP contribution in [0.5, 0.6) is 0 Å². The predicted octanol–water partition coefficient (Wildman–Crippen LogP) is 0.509. The fourth-order valence-corrected chi connectivity index (χ4v) is 2.26. The third-order valence-electron chi connectivity index (χ3n) is 1.77. The summed E-state index contributed by atoms with van der Waals surface area (Å²) in [6.07, 6.45) is 2.80. The molecule has 1 aromatic heterocycles. The molecular weight excluding hydrogens is 214 g/mol. The van der Waals surface area contributed by atoms with Crippen LogP contribution in [-0.2, 0) is 9.84 Å². The quantitative estimate of drug-likeness (QED) is 0.785. The predicted molar refractivity (Wildman–Crippen MR) is 61.4 cm³/mol. The van der Waals surface area contributed by atoms with Gasteiger partial charge >= 0.3 is 0 Å². The van der Waals surface area contributed by atoms with Crippen molar-refractivity contribution >= 4 is 21.3 Å². The zero-order valence-electron chi connectivity index (χ0n) is 8.77. The molecule has 0 radical (unpaired) electrons. The Morgan fingerprint density at radius 1 is 1.60 bits per heavy atom. The van der Waals surface area contributed by atoms with E-state index in [9.17, 15) is 8.42 Å². The molecule has 1 aromatic rings. The Morgan fingerprint density at radius 3 is 2.80 bits per heavy atom. The second-order valence-corrected chi connectivity index (χ2v) is 5.76. The van der Waals surface area contributed by atoms with E-state index >= 15 is 0 Å². The largest absolute Gasteiger partial charge is 0.396 e. The van der Waals surface area contributed by atoms with E-state index in [1.165, 1.54) is 6.26 Å². The first-order valence-corrected chi connectivity index (χ1v) is 6.59. The second-order valence-electron chi connectivity index (χ2n) is 3.58. The number of sulfone groups is 1. The van der Waals surface area contributed by atoms with E-state index in [2.05, 4.69) is 10.3 Å². The highest BCUT2D eigenvalue weighted by atomic mass is 32.2. The number of nitrogens with two attached hydrogens (primary N) is 1. The minimum absolute atomic E-state index is 0.0585. The average Bonchev–Trinajstić information content (AvgIpc) is 2.05. The summed E-state index contributed by atoms with van der Waals surface area (Å²) in [5, 5.41) is 2.95. The Kier molecular flexibility index (Phi) is 3.52. The maximum Gasteiger partial charge on any atom is 0.149 e. The van der Waals surface area contributed by atoms with Gasteiger partial charge in [-0.2, -0.15) is 0 Å². The van der Waals surface area contributed by atoms with Gasteiger partial charge < -0.3 is 11.1 Å². The Bertz CT molecular complexity index is 431. The van der Waals surface area contributed by atoms with Gasteiger partial charge in [-0.05, 0) is 19.1 Å². The molecule has 0 amide bonds. The fraction of sp³-hybridized carbons (Fsp3) is 0.444. The molecule has 6 heteroatoms. The van der Waals surface area contributed by atoms with Gasteiger partial charge in [0.2, 0.25) is 0 Å². The smallest absolute Gasteiger partial charge is 0.149 e. The van der Waals surface area contributed by atoms with E-state index in [1.807, 2.05) is 0 Å². The first-order valence-electron chi connectivity index (χ1n) is 4.53. The molecule has 0 spiro atoms. The van der Waals surface area contributed by atoms with Crippen molar-refractivity contribution < 1.29 is 8.42 Å². The molecule has 1 atom stereocenters. The number of nitrogens with zero attached hydrogens (tertiary/aromatic N) is 1. The number of anilines is 2. The summed E-state index contributed by atoms with van der Waals surface area (Å²) >= 11 is 0. The van der Waals surface area contributed by atoms with Gasteiger partial charge in [-0.1, -0.05) is 0 Å². The fourth-order valence-electron chi connectivity index (χ4n) is 1.27. The van der Waals surface area contributed by atoms with Gasteiger partial charge in [0.1, 0.15) is 15.7 Å². The summed E-state index contributed by atoms with van der Waals surface area (Å²) in [5.41, 5.74) is 6.17. The number of rotatable bonds is 4. The molecule has 0 aliphatic rings. The van der Waals surface area contributed by atoms with Crippen molar-refractivity contribution in [2.45, 2.75) is 13.0 Å². The van der Waals surface area contributed by atoms with E-state index in [0.717, 1.165) is 0 Å². The maximum absolute atomic E-state index is 11.0. The molecule has 0 fully saturated rings. The third kappa shape index (κ3) is 4.16. The molecule has 5 nitrogen and oxygen atoms in total. The van der Waals surface area contributed by atoms with Crippen LogP contribution in [0.4, 0.5) is 11.5 Å².